The molecule has 1 aromatic carbocycles. The predicted molar refractivity (Wildman–Crippen MR) is 118 cm³/mol. The molecule has 3 aliphatic carbocycles. The van der Waals surface area contributed by atoms with Crippen LogP contribution in [0.1, 0.15) is 72.1 Å². The Morgan fingerprint density at radius 2 is 1.83 bits per heavy atom. The van der Waals surface area contributed by atoms with Crippen LogP contribution < -0.4 is 5.32 Å². The fourth-order valence-corrected chi connectivity index (χ4v) is 6.24. The van der Waals surface area contributed by atoms with E-state index < -0.39 is 0 Å². The van der Waals surface area contributed by atoms with E-state index in [4.69, 9.17) is 4.74 Å². The van der Waals surface area contributed by atoms with E-state index in [2.05, 4.69) is 26.1 Å². The second kappa shape index (κ2) is 8.29. The van der Waals surface area contributed by atoms with Gasteiger partial charge in [0.25, 0.3) is 0 Å². The van der Waals surface area contributed by atoms with Gasteiger partial charge in [-0.15, -0.1) is 0 Å². The van der Waals surface area contributed by atoms with E-state index in [0.29, 0.717) is 30.7 Å². The number of hydrogen-bond acceptors (Lipinski definition) is 2. The second-order valence-corrected chi connectivity index (χ2v) is 10.3. The third kappa shape index (κ3) is 3.93. The van der Waals surface area contributed by atoms with E-state index in [0.717, 1.165) is 24.4 Å². The van der Waals surface area contributed by atoms with Gasteiger partial charge in [-0.2, -0.15) is 0 Å². The highest BCUT2D eigenvalue weighted by Crippen LogP contribution is 2.66. The lowest BCUT2D eigenvalue weighted by Gasteiger charge is -2.39. The normalized spacial score (nSPS) is 31.0. The average molecular weight is 399 g/mol. The first kappa shape index (κ1) is 20.7. The van der Waals surface area contributed by atoms with Gasteiger partial charge in [-0.3, -0.25) is 0 Å². The summed E-state index contributed by atoms with van der Waals surface area (Å²) in [6.45, 7) is 8.60. The molecule has 0 unspecified atom stereocenters. The molecule has 4 rings (SSSR count). The van der Waals surface area contributed by atoms with Crippen molar-refractivity contribution in [3.05, 3.63) is 30.3 Å². The fraction of sp³-hybridized carbons (Fsp3) is 0.720. The molecule has 29 heavy (non-hydrogen) atoms. The quantitative estimate of drug-likeness (QED) is 0.630. The van der Waals surface area contributed by atoms with Crippen molar-refractivity contribution in [3.63, 3.8) is 0 Å². The van der Waals surface area contributed by atoms with Crippen LogP contribution in [0.15, 0.2) is 30.3 Å². The second-order valence-electron chi connectivity index (χ2n) is 10.3. The third-order valence-corrected chi connectivity index (χ3v) is 8.67. The Morgan fingerprint density at radius 3 is 2.45 bits per heavy atom. The van der Waals surface area contributed by atoms with Crippen molar-refractivity contribution in [1.82, 2.24) is 4.90 Å². The molecule has 4 heteroatoms. The zero-order chi connectivity index (χ0) is 20.5. The molecule has 3 fully saturated rings. The number of rotatable bonds is 6. The molecule has 4 nitrogen and oxygen atoms in total. The third-order valence-electron chi connectivity index (χ3n) is 8.67. The maximum Gasteiger partial charge on any atom is 0.322 e. The van der Waals surface area contributed by atoms with Crippen molar-refractivity contribution in [3.8, 4) is 0 Å². The number of hydrogen-bond donors (Lipinski definition) is 1. The lowest BCUT2D eigenvalue weighted by atomic mass is 9.70. The summed E-state index contributed by atoms with van der Waals surface area (Å²) in [7, 11) is 0. The van der Waals surface area contributed by atoms with Gasteiger partial charge in [0.1, 0.15) is 0 Å². The number of carbonyl (C=O) groups is 1. The molecular formula is C25H38N2O2. The molecule has 0 aliphatic heterocycles. The smallest absolute Gasteiger partial charge is 0.322 e. The number of anilines is 1. The van der Waals surface area contributed by atoms with Gasteiger partial charge in [-0.1, -0.05) is 58.2 Å². The van der Waals surface area contributed by atoms with Crippen LogP contribution in [0, 0.1) is 16.7 Å². The molecule has 3 aliphatic rings. The number of benzene rings is 1. The van der Waals surface area contributed by atoms with Crippen molar-refractivity contribution in [2.45, 2.75) is 84.3 Å². The van der Waals surface area contributed by atoms with Crippen molar-refractivity contribution < 1.29 is 9.53 Å². The minimum Gasteiger partial charge on any atom is -0.376 e. The van der Waals surface area contributed by atoms with Crippen molar-refractivity contribution >= 4 is 11.7 Å². The Bertz CT molecular complexity index is 698. The summed E-state index contributed by atoms with van der Waals surface area (Å²) in [6.07, 6.45) is 10.1. The fourth-order valence-electron chi connectivity index (χ4n) is 6.24. The summed E-state index contributed by atoms with van der Waals surface area (Å²) < 4.78 is 6.48. The zero-order valence-electron chi connectivity index (χ0n) is 18.5. The van der Waals surface area contributed by atoms with Crippen LogP contribution >= 0.6 is 0 Å². The minimum absolute atomic E-state index is 0.0196. The molecule has 0 saturated heterocycles. The standard InChI is InChI=1S/C25H38N2O2/c1-24(2)19-14-15-25(24,3)22(18-19)29-17-16-27(21-12-8-5-9-13-21)23(28)26-20-10-6-4-7-11-20/h4,6-7,10-11,19,21-22H,5,8-9,12-18H2,1-3H3,(H,26,28)/t19-,22-,25+/m0/s1. The Hall–Kier alpha value is -1.55. The monoisotopic (exact) mass is 398 g/mol. The van der Waals surface area contributed by atoms with Gasteiger partial charge in [-0.25, -0.2) is 4.79 Å². The van der Waals surface area contributed by atoms with Crippen LogP contribution in [0.4, 0.5) is 10.5 Å². The van der Waals surface area contributed by atoms with Crippen molar-refractivity contribution in [2.75, 3.05) is 18.5 Å². The Labute approximate surface area is 176 Å². The summed E-state index contributed by atoms with van der Waals surface area (Å²) in [6, 6.07) is 10.1. The number of ether oxygens (including phenoxy) is 1. The Morgan fingerprint density at radius 1 is 1.10 bits per heavy atom. The molecule has 0 heterocycles. The van der Waals surface area contributed by atoms with Gasteiger partial charge in [0.05, 0.1) is 12.7 Å². The van der Waals surface area contributed by atoms with Gasteiger partial charge >= 0.3 is 6.03 Å². The number of para-hydroxylation sites is 1. The highest BCUT2D eigenvalue weighted by molar-refractivity contribution is 5.89. The number of carbonyl (C=O) groups excluding carboxylic acids is 1. The van der Waals surface area contributed by atoms with Gasteiger partial charge < -0.3 is 15.0 Å². The largest absolute Gasteiger partial charge is 0.376 e. The van der Waals surface area contributed by atoms with Gasteiger partial charge in [0, 0.05) is 18.3 Å². The van der Waals surface area contributed by atoms with E-state index >= 15 is 0 Å². The van der Waals surface area contributed by atoms with Crippen LogP contribution in [0.2, 0.25) is 0 Å². The van der Waals surface area contributed by atoms with Crippen LogP contribution in [-0.2, 0) is 4.74 Å². The van der Waals surface area contributed by atoms with Crippen LogP contribution in [-0.4, -0.2) is 36.2 Å². The number of fused-ring (bicyclic) bond motifs is 2. The van der Waals surface area contributed by atoms with E-state index in [1.54, 1.807) is 0 Å². The van der Waals surface area contributed by atoms with Crippen LogP contribution in [0.5, 0.6) is 0 Å². The molecule has 0 radical (unpaired) electrons. The number of amides is 2. The summed E-state index contributed by atoms with van der Waals surface area (Å²) in [4.78, 5) is 15.1. The summed E-state index contributed by atoms with van der Waals surface area (Å²) in [5.41, 5.74) is 1.51. The average Bonchev–Trinajstić information content (AvgIpc) is 3.06. The number of urea groups is 1. The summed E-state index contributed by atoms with van der Waals surface area (Å²) >= 11 is 0. The first-order chi connectivity index (χ1) is 13.9. The van der Waals surface area contributed by atoms with E-state index in [-0.39, 0.29) is 11.4 Å². The predicted octanol–water partition coefficient (Wildman–Crippen LogP) is 6.08. The van der Waals surface area contributed by atoms with E-state index in [1.165, 1.54) is 38.5 Å². The minimum atomic E-state index is 0.0196. The maximum absolute atomic E-state index is 13.1. The van der Waals surface area contributed by atoms with Crippen LogP contribution in [0.25, 0.3) is 0 Å². The van der Waals surface area contributed by atoms with Gasteiger partial charge in [0.15, 0.2) is 0 Å². The first-order valence-electron chi connectivity index (χ1n) is 11.7. The Balaban J connectivity index is 1.37. The molecule has 2 amide bonds. The van der Waals surface area contributed by atoms with Gasteiger partial charge in [0.2, 0.25) is 0 Å². The van der Waals surface area contributed by atoms with Crippen molar-refractivity contribution in [2.24, 2.45) is 16.7 Å². The highest BCUT2D eigenvalue weighted by Gasteiger charge is 2.61. The van der Waals surface area contributed by atoms with Crippen LogP contribution in [0.3, 0.4) is 0 Å². The maximum atomic E-state index is 13.1. The molecular weight excluding hydrogens is 360 g/mol. The first-order valence-corrected chi connectivity index (χ1v) is 11.7. The number of nitrogens with zero attached hydrogens (tertiary/aromatic N) is 1. The lowest BCUT2D eigenvalue weighted by molar-refractivity contribution is -0.0517. The molecule has 1 aromatic rings. The number of nitrogens with one attached hydrogen (secondary N) is 1. The summed E-state index contributed by atoms with van der Waals surface area (Å²) in [5.74, 6) is 0.785. The molecule has 3 atom stereocenters. The molecule has 0 spiro atoms. The molecule has 2 bridgehead atoms. The van der Waals surface area contributed by atoms with E-state index in [9.17, 15) is 4.79 Å². The molecule has 3 saturated carbocycles. The summed E-state index contributed by atoms with van der Waals surface area (Å²) in [5, 5.41) is 3.10. The topological polar surface area (TPSA) is 41.6 Å². The van der Waals surface area contributed by atoms with Gasteiger partial charge in [-0.05, 0) is 61.0 Å². The lowest BCUT2D eigenvalue weighted by Crippen LogP contribution is -2.46. The van der Waals surface area contributed by atoms with E-state index in [1.807, 2.05) is 35.2 Å². The molecule has 160 valence electrons. The SMILES string of the molecule is CC1(C)[C@H]2CC[C@]1(C)[C@@H](OCCN(C(=O)Nc1ccccc1)C1CCCCC1)C2. The van der Waals surface area contributed by atoms with Crippen molar-refractivity contribution in [1.29, 1.82) is 0 Å². The highest BCUT2D eigenvalue weighted by atomic mass is 16.5. The zero-order valence-corrected chi connectivity index (χ0v) is 18.5. The Kier molecular flexibility index (Phi) is 5.92. The molecule has 1 N–H and O–H groups in total. The molecule has 0 aromatic heterocycles.